The summed E-state index contributed by atoms with van der Waals surface area (Å²) >= 11 is 2.01. The van der Waals surface area contributed by atoms with Crippen molar-refractivity contribution >= 4 is 11.8 Å². The van der Waals surface area contributed by atoms with Crippen molar-refractivity contribution in [1.29, 1.82) is 0 Å². The summed E-state index contributed by atoms with van der Waals surface area (Å²) in [7, 11) is 0. The maximum atomic E-state index is 5.73. The largest absolute Gasteiger partial charge is 0.375 e. The van der Waals surface area contributed by atoms with Crippen molar-refractivity contribution < 1.29 is 4.74 Å². The number of rotatable bonds is 5. The maximum absolute atomic E-state index is 5.73. The lowest BCUT2D eigenvalue weighted by Crippen LogP contribution is -2.45. The summed E-state index contributed by atoms with van der Waals surface area (Å²) < 4.78 is 5.73. The van der Waals surface area contributed by atoms with Gasteiger partial charge < -0.3 is 10.1 Å². The van der Waals surface area contributed by atoms with Gasteiger partial charge in [-0.2, -0.15) is 11.8 Å². The Balaban J connectivity index is 2.24. The average Bonchev–Trinajstić information content (AvgIpc) is 2.13. The Labute approximate surface area is 98.5 Å². The minimum Gasteiger partial charge on any atom is -0.375 e. The molecule has 0 amide bonds. The van der Waals surface area contributed by atoms with Gasteiger partial charge in [-0.25, -0.2) is 0 Å². The van der Waals surface area contributed by atoms with Gasteiger partial charge in [-0.05, 0) is 39.4 Å². The van der Waals surface area contributed by atoms with Crippen molar-refractivity contribution in [2.75, 3.05) is 11.5 Å². The summed E-state index contributed by atoms with van der Waals surface area (Å²) in [6.45, 7) is 8.86. The van der Waals surface area contributed by atoms with E-state index < -0.39 is 0 Å². The lowest BCUT2D eigenvalue weighted by Gasteiger charge is -2.34. The second kappa shape index (κ2) is 6.77. The molecule has 15 heavy (non-hydrogen) atoms. The minimum absolute atomic E-state index is 0.414. The van der Waals surface area contributed by atoms with Crippen molar-refractivity contribution in [2.24, 2.45) is 0 Å². The van der Waals surface area contributed by atoms with Crippen LogP contribution in [0, 0.1) is 0 Å². The molecule has 3 unspecified atom stereocenters. The van der Waals surface area contributed by atoms with E-state index in [1.807, 2.05) is 11.8 Å². The van der Waals surface area contributed by atoms with Crippen LogP contribution in [-0.2, 0) is 4.74 Å². The molecule has 0 spiro atoms. The first-order valence-electron chi connectivity index (χ1n) is 6.11. The van der Waals surface area contributed by atoms with Gasteiger partial charge in [0.25, 0.3) is 0 Å². The van der Waals surface area contributed by atoms with Gasteiger partial charge >= 0.3 is 0 Å². The van der Waals surface area contributed by atoms with Crippen LogP contribution in [0.5, 0.6) is 0 Å². The smallest absolute Gasteiger partial charge is 0.0565 e. The molecule has 1 saturated heterocycles. The Kier molecular flexibility index (Phi) is 6.02. The first-order chi connectivity index (χ1) is 7.11. The first kappa shape index (κ1) is 13.3. The third-order valence-electron chi connectivity index (χ3n) is 2.79. The van der Waals surface area contributed by atoms with Crippen LogP contribution in [-0.4, -0.2) is 35.8 Å². The number of hydrogen-bond donors (Lipinski definition) is 1. The van der Waals surface area contributed by atoms with Gasteiger partial charge in [0.15, 0.2) is 0 Å². The summed E-state index contributed by atoms with van der Waals surface area (Å²) in [6, 6.07) is 1.27. The topological polar surface area (TPSA) is 21.3 Å². The molecule has 1 rings (SSSR count). The summed E-state index contributed by atoms with van der Waals surface area (Å²) in [6.07, 6.45) is 3.14. The molecule has 0 aliphatic carbocycles. The molecule has 0 aromatic rings. The van der Waals surface area contributed by atoms with Crippen molar-refractivity contribution in [3.63, 3.8) is 0 Å². The predicted molar refractivity (Wildman–Crippen MR) is 68.6 cm³/mol. The number of thioether (sulfide) groups is 1. The van der Waals surface area contributed by atoms with Crippen LogP contribution in [0.15, 0.2) is 0 Å². The molecule has 1 aliphatic heterocycles. The Morgan fingerprint density at radius 1 is 1.33 bits per heavy atom. The van der Waals surface area contributed by atoms with Crippen molar-refractivity contribution in [3.8, 4) is 0 Å². The van der Waals surface area contributed by atoms with E-state index in [-0.39, 0.29) is 0 Å². The predicted octanol–water partition coefficient (Wildman–Crippen LogP) is 2.67. The Morgan fingerprint density at radius 2 is 1.93 bits per heavy atom. The van der Waals surface area contributed by atoms with E-state index in [0.29, 0.717) is 24.3 Å². The van der Waals surface area contributed by atoms with Crippen LogP contribution in [0.3, 0.4) is 0 Å². The Morgan fingerprint density at radius 3 is 2.47 bits per heavy atom. The molecule has 0 bridgehead atoms. The van der Waals surface area contributed by atoms with E-state index in [1.54, 1.807) is 0 Å². The van der Waals surface area contributed by atoms with Crippen LogP contribution in [0.1, 0.15) is 40.5 Å². The van der Waals surface area contributed by atoms with Crippen molar-refractivity contribution in [2.45, 2.75) is 64.8 Å². The molecular weight excluding hydrogens is 206 g/mol. The van der Waals surface area contributed by atoms with E-state index in [4.69, 9.17) is 4.74 Å². The van der Waals surface area contributed by atoms with E-state index in [1.165, 1.54) is 11.5 Å². The molecule has 1 fully saturated rings. The minimum atomic E-state index is 0.414. The zero-order chi connectivity index (χ0) is 11.3. The summed E-state index contributed by atoms with van der Waals surface area (Å²) in [5, 5.41) is 3.71. The van der Waals surface area contributed by atoms with Crippen molar-refractivity contribution in [3.05, 3.63) is 0 Å². The fraction of sp³-hybridized carbons (Fsp3) is 1.00. The van der Waals surface area contributed by atoms with Crippen LogP contribution in [0.2, 0.25) is 0 Å². The van der Waals surface area contributed by atoms with E-state index >= 15 is 0 Å². The number of hydrogen-bond acceptors (Lipinski definition) is 3. The Hall–Kier alpha value is 0.270. The quantitative estimate of drug-likeness (QED) is 0.786. The van der Waals surface area contributed by atoms with Gasteiger partial charge in [0, 0.05) is 17.8 Å². The van der Waals surface area contributed by atoms with Gasteiger partial charge in [0.1, 0.15) is 0 Å². The van der Waals surface area contributed by atoms with Crippen LogP contribution in [0.4, 0.5) is 0 Å². The highest BCUT2D eigenvalue weighted by atomic mass is 32.2. The summed E-state index contributed by atoms with van der Waals surface area (Å²) in [5.74, 6) is 2.43. The van der Waals surface area contributed by atoms with Crippen LogP contribution in [0.25, 0.3) is 0 Å². The van der Waals surface area contributed by atoms with Gasteiger partial charge in [-0.15, -0.1) is 0 Å². The molecule has 0 saturated carbocycles. The van der Waals surface area contributed by atoms with Gasteiger partial charge in [-0.3, -0.25) is 0 Å². The van der Waals surface area contributed by atoms with Crippen LogP contribution >= 0.6 is 11.8 Å². The third-order valence-corrected chi connectivity index (χ3v) is 3.93. The van der Waals surface area contributed by atoms with Crippen LogP contribution < -0.4 is 5.32 Å². The first-order valence-corrected chi connectivity index (χ1v) is 7.26. The standard InChI is InChI=1S/C12H25NOS/c1-5-15-8-9(2)13-12-6-10(3)14-11(4)7-12/h9-13H,5-8H2,1-4H3. The summed E-state index contributed by atoms with van der Waals surface area (Å²) in [5.41, 5.74) is 0. The highest BCUT2D eigenvalue weighted by Gasteiger charge is 2.24. The van der Waals surface area contributed by atoms with Gasteiger partial charge in [0.05, 0.1) is 12.2 Å². The number of ether oxygens (including phenoxy) is 1. The normalized spacial score (nSPS) is 34.0. The van der Waals surface area contributed by atoms with E-state index in [0.717, 1.165) is 12.8 Å². The molecular formula is C12H25NOS. The van der Waals surface area contributed by atoms with E-state index in [9.17, 15) is 0 Å². The second-order valence-electron chi connectivity index (χ2n) is 4.65. The molecule has 0 aromatic heterocycles. The lowest BCUT2D eigenvalue weighted by atomic mass is 9.99. The molecule has 0 radical (unpaired) electrons. The molecule has 1 N–H and O–H groups in total. The fourth-order valence-electron chi connectivity index (χ4n) is 2.29. The van der Waals surface area contributed by atoms with Gasteiger partial charge in [0.2, 0.25) is 0 Å². The van der Waals surface area contributed by atoms with Gasteiger partial charge in [-0.1, -0.05) is 6.92 Å². The second-order valence-corrected chi connectivity index (χ2v) is 5.97. The molecule has 3 heteroatoms. The average molecular weight is 231 g/mol. The lowest BCUT2D eigenvalue weighted by molar-refractivity contribution is -0.0429. The maximum Gasteiger partial charge on any atom is 0.0565 e. The molecule has 3 atom stereocenters. The third kappa shape index (κ3) is 5.23. The highest BCUT2D eigenvalue weighted by Crippen LogP contribution is 2.19. The van der Waals surface area contributed by atoms with E-state index in [2.05, 4.69) is 33.0 Å². The fourth-order valence-corrected chi connectivity index (χ4v) is 2.97. The SMILES string of the molecule is CCSCC(C)NC1CC(C)OC(C)C1. The summed E-state index contributed by atoms with van der Waals surface area (Å²) in [4.78, 5) is 0. The molecule has 0 aromatic carbocycles. The monoisotopic (exact) mass is 231 g/mol. The van der Waals surface area contributed by atoms with Crippen molar-refractivity contribution in [1.82, 2.24) is 5.32 Å². The molecule has 1 aliphatic rings. The molecule has 1 heterocycles. The zero-order valence-electron chi connectivity index (χ0n) is 10.5. The Bertz CT molecular complexity index is 167. The molecule has 90 valence electrons. The highest BCUT2D eigenvalue weighted by molar-refractivity contribution is 7.99. The molecule has 2 nitrogen and oxygen atoms in total. The zero-order valence-corrected chi connectivity index (χ0v) is 11.3. The number of nitrogens with one attached hydrogen (secondary N) is 1.